The number of hydrogen-bond donors (Lipinski definition) is 0. The average molecular weight is 389 g/mol. The standard InChI is InChI=1S/2C5H5.C2HF3.CH3.2ClH.Zr/c2*1-2-4-5-3-1;1-2(3,4)5;;;;/h2*1-3H,4H2;1H;1H3;2*1H;/q2*-1;;-1;;;+2/p-2. The number of allylic oxidation sites excluding steroid dienone is 8. The molecule has 0 saturated heterocycles. The van der Waals surface area contributed by atoms with Crippen molar-refractivity contribution in [1.29, 1.82) is 0 Å². The van der Waals surface area contributed by atoms with E-state index in [1.54, 1.807) is 0 Å². The maximum atomic E-state index is 10.8. The van der Waals surface area contributed by atoms with Crippen LogP contribution in [0.4, 0.5) is 13.2 Å². The largest absolute Gasteiger partial charge is 1.00 e. The summed E-state index contributed by atoms with van der Waals surface area (Å²) < 4.78 is 32.5. The Hall–Kier alpha value is 0.0831. The molecule has 0 aromatic rings. The van der Waals surface area contributed by atoms with Crippen LogP contribution in [0.15, 0.2) is 36.5 Å². The molecule has 0 N–H and O–H groups in total. The molecular formula is C13H14Cl2F3Zr-3. The molecule has 0 atom stereocenters. The van der Waals surface area contributed by atoms with Crippen LogP contribution in [0.25, 0.3) is 0 Å². The molecule has 2 aliphatic rings. The second-order valence-electron chi connectivity index (χ2n) is 2.69. The van der Waals surface area contributed by atoms with Crippen molar-refractivity contribution < 1.29 is 62.2 Å². The molecule has 0 heterocycles. The van der Waals surface area contributed by atoms with Crippen molar-refractivity contribution in [3.05, 3.63) is 56.0 Å². The molecule has 0 aliphatic heterocycles. The molecule has 0 nitrogen and oxygen atoms in total. The molecular weight excluding hydrogens is 375 g/mol. The molecule has 0 spiro atoms. The Kier molecular flexibility index (Phi) is 26.1. The molecule has 0 saturated carbocycles. The summed E-state index contributed by atoms with van der Waals surface area (Å²) in [5, 5.41) is 0. The van der Waals surface area contributed by atoms with Crippen molar-refractivity contribution in [2.75, 3.05) is 0 Å². The number of hydrogen-bond acceptors (Lipinski definition) is 0. The van der Waals surface area contributed by atoms with Gasteiger partial charge in [0.15, 0.2) is 0 Å². The second-order valence-corrected chi connectivity index (χ2v) is 3.40. The van der Waals surface area contributed by atoms with E-state index in [2.05, 4.69) is 24.3 Å². The van der Waals surface area contributed by atoms with Crippen LogP contribution in [0.2, 0.25) is 0 Å². The third-order valence-corrected chi connectivity index (χ3v) is 2.14. The Morgan fingerprint density at radius 1 is 0.947 bits per heavy atom. The van der Waals surface area contributed by atoms with E-state index in [0.29, 0.717) is 24.2 Å². The molecule has 19 heavy (non-hydrogen) atoms. The molecule has 0 aromatic heterocycles. The van der Waals surface area contributed by atoms with Gasteiger partial charge < -0.3 is 32.2 Å². The summed E-state index contributed by atoms with van der Waals surface area (Å²) in [6, 6.07) is 0. The minimum Gasteiger partial charge on any atom is -1.00 e. The monoisotopic (exact) mass is 387 g/mol. The van der Waals surface area contributed by atoms with Gasteiger partial charge in [0.25, 0.3) is 0 Å². The quantitative estimate of drug-likeness (QED) is 0.420. The van der Waals surface area contributed by atoms with Crippen LogP contribution < -0.4 is 24.8 Å². The SMILES string of the molecule is FC(F)(F)[CH]=[Zr+2].[C-]1=CC=CC1.[C-]1=CC=CC1.[CH3-].[Cl-].[Cl-]. The molecule has 108 valence electrons. The van der Waals surface area contributed by atoms with Crippen LogP contribution in [0, 0.1) is 19.6 Å². The predicted molar refractivity (Wildman–Crippen MR) is 61.7 cm³/mol. The molecule has 0 unspecified atom stereocenters. The number of rotatable bonds is 0. The van der Waals surface area contributed by atoms with E-state index in [0.717, 1.165) is 12.8 Å². The van der Waals surface area contributed by atoms with Crippen LogP contribution in [0.3, 0.4) is 0 Å². The van der Waals surface area contributed by atoms with Gasteiger partial charge in [-0.3, -0.25) is 12.2 Å². The molecule has 2 rings (SSSR count). The minimum absolute atomic E-state index is 0. The van der Waals surface area contributed by atoms with E-state index in [9.17, 15) is 13.2 Å². The first kappa shape index (κ1) is 27.4. The van der Waals surface area contributed by atoms with Crippen LogP contribution >= 0.6 is 0 Å². The number of halogens is 5. The van der Waals surface area contributed by atoms with Crippen LogP contribution in [-0.4, -0.2) is 9.89 Å². The fourth-order valence-electron chi connectivity index (χ4n) is 0.680. The van der Waals surface area contributed by atoms with Crippen molar-refractivity contribution in [2.45, 2.75) is 19.0 Å². The Morgan fingerprint density at radius 3 is 1.32 bits per heavy atom. The molecule has 0 fully saturated rings. The van der Waals surface area contributed by atoms with Gasteiger partial charge in [-0.2, -0.15) is 12.2 Å². The molecule has 0 bridgehead atoms. The summed E-state index contributed by atoms with van der Waals surface area (Å²) in [6.07, 6.45) is 16.0. The second kappa shape index (κ2) is 18.1. The van der Waals surface area contributed by atoms with Gasteiger partial charge in [-0.25, -0.2) is 24.3 Å². The molecule has 2 aliphatic carbocycles. The zero-order valence-electron chi connectivity index (χ0n) is 10.3. The first-order valence-electron chi connectivity index (χ1n) is 4.58. The molecule has 0 amide bonds. The van der Waals surface area contributed by atoms with E-state index < -0.39 is 6.18 Å². The molecule has 0 radical (unpaired) electrons. The van der Waals surface area contributed by atoms with Gasteiger partial charge in [-0.15, -0.1) is 12.8 Å². The summed E-state index contributed by atoms with van der Waals surface area (Å²) in [4.78, 5) is 0. The van der Waals surface area contributed by atoms with Crippen LogP contribution in [0.5, 0.6) is 0 Å². The van der Waals surface area contributed by atoms with Gasteiger partial charge in [-0.05, 0) is 0 Å². The van der Waals surface area contributed by atoms with Crippen molar-refractivity contribution in [3.63, 3.8) is 0 Å². The topological polar surface area (TPSA) is 0 Å². The first-order chi connectivity index (χ1) is 7.56. The van der Waals surface area contributed by atoms with Gasteiger partial charge >= 0.3 is 47.3 Å². The fraction of sp³-hybridized carbons (Fsp3) is 0.231. The van der Waals surface area contributed by atoms with Crippen molar-refractivity contribution >= 4 is 3.71 Å². The Morgan fingerprint density at radius 2 is 1.26 bits per heavy atom. The summed E-state index contributed by atoms with van der Waals surface area (Å²) in [7, 11) is 0. The normalized spacial score (nSPS) is 12.9. The maximum Gasteiger partial charge on any atom is -0.109 e. The van der Waals surface area contributed by atoms with E-state index >= 15 is 0 Å². The van der Waals surface area contributed by atoms with Gasteiger partial charge in [-0.1, -0.05) is 0 Å². The summed E-state index contributed by atoms with van der Waals surface area (Å²) >= 11 is 0.401. The minimum atomic E-state index is -4.04. The fourth-order valence-corrected chi connectivity index (χ4v) is 0.680. The van der Waals surface area contributed by atoms with Gasteiger partial charge in [0.2, 0.25) is 0 Å². The maximum absolute atomic E-state index is 10.8. The molecule has 0 aromatic carbocycles. The Bertz CT molecular complexity index is 264. The van der Waals surface area contributed by atoms with Gasteiger partial charge in [0.05, 0.1) is 0 Å². The van der Waals surface area contributed by atoms with Crippen molar-refractivity contribution in [1.82, 2.24) is 0 Å². The van der Waals surface area contributed by atoms with Crippen LogP contribution in [-0.2, 0) is 24.2 Å². The smallest absolute Gasteiger partial charge is 0.109 e. The van der Waals surface area contributed by atoms with Crippen molar-refractivity contribution in [2.24, 2.45) is 0 Å². The first-order valence-corrected chi connectivity index (χ1v) is 6.00. The number of alkyl halides is 3. The Labute approximate surface area is 140 Å². The van der Waals surface area contributed by atoms with Gasteiger partial charge in [0, 0.05) is 0 Å². The van der Waals surface area contributed by atoms with Gasteiger partial charge in [0.1, 0.15) is 0 Å². The third-order valence-electron chi connectivity index (χ3n) is 1.34. The van der Waals surface area contributed by atoms with E-state index in [-0.39, 0.29) is 35.9 Å². The van der Waals surface area contributed by atoms with Crippen molar-refractivity contribution in [3.8, 4) is 0 Å². The van der Waals surface area contributed by atoms with E-state index in [4.69, 9.17) is 0 Å². The van der Waals surface area contributed by atoms with Crippen LogP contribution in [0.1, 0.15) is 12.8 Å². The zero-order valence-corrected chi connectivity index (χ0v) is 14.3. The van der Waals surface area contributed by atoms with E-state index in [1.165, 1.54) is 0 Å². The summed E-state index contributed by atoms with van der Waals surface area (Å²) in [6.45, 7) is 0. The zero-order chi connectivity index (χ0) is 12.3. The third kappa shape index (κ3) is 27.3. The molecule has 6 heteroatoms. The predicted octanol–water partition coefficient (Wildman–Crippen LogP) is -2.03. The summed E-state index contributed by atoms with van der Waals surface area (Å²) in [5.41, 5.74) is 0. The van der Waals surface area contributed by atoms with E-state index in [1.807, 2.05) is 24.3 Å². The average Bonchev–Trinajstić information content (AvgIpc) is 2.95. The Balaban J connectivity index is -0.0000000824. The summed E-state index contributed by atoms with van der Waals surface area (Å²) in [5.74, 6) is 0.